The Balaban J connectivity index is 2.08. The number of hydrogen-bond acceptors (Lipinski definition) is 4. The first-order valence-electron chi connectivity index (χ1n) is 5.51. The second-order valence-corrected chi connectivity index (χ2v) is 4.31. The molecule has 1 atom stereocenters. The molecule has 0 saturated heterocycles. The topological polar surface area (TPSA) is 58.7 Å². The van der Waals surface area contributed by atoms with Gasteiger partial charge in [0.2, 0.25) is 5.88 Å². The molecule has 0 N–H and O–H groups in total. The summed E-state index contributed by atoms with van der Waals surface area (Å²) in [5.41, 5.74) is 1.93. The van der Waals surface area contributed by atoms with Crippen molar-refractivity contribution >= 4 is 18.1 Å². The zero-order valence-electron chi connectivity index (χ0n) is 10.2. The number of allylic oxidation sites excluding steroid dienone is 1. The lowest BCUT2D eigenvalue weighted by atomic mass is 10.1. The van der Waals surface area contributed by atoms with Crippen LogP contribution >= 0.6 is 0 Å². The van der Waals surface area contributed by atoms with Crippen LogP contribution < -0.4 is 4.90 Å². The van der Waals surface area contributed by atoms with Crippen LogP contribution in [0, 0.1) is 6.92 Å². The molecule has 0 saturated carbocycles. The maximum absolute atomic E-state index is 12.0. The fourth-order valence-corrected chi connectivity index (χ4v) is 1.57. The Labute approximate surface area is 99.8 Å². The van der Waals surface area contributed by atoms with E-state index in [2.05, 4.69) is 10.1 Å². The minimum absolute atomic E-state index is 0.0707. The molecule has 1 aromatic heterocycles. The van der Waals surface area contributed by atoms with E-state index in [4.69, 9.17) is 4.52 Å². The van der Waals surface area contributed by atoms with Gasteiger partial charge in [-0.1, -0.05) is 16.8 Å². The van der Waals surface area contributed by atoms with Crippen molar-refractivity contribution < 1.29 is 9.32 Å². The largest absolute Gasteiger partial charge is 0.338 e. The first kappa shape index (κ1) is 11.6. The Kier molecular flexibility index (Phi) is 3.08. The van der Waals surface area contributed by atoms with Crippen molar-refractivity contribution in [3.63, 3.8) is 0 Å². The van der Waals surface area contributed by atoms with Gasteiger partial charge in [-0.25, -0.2) is 4.90 Å². The maximum atomic E-state index is 12.0. The normalized spacial score (nSPS) is 18.9. The minimum Gasteiger partial charge on any atom is -0.338 e. The summed E-state index contributed by atoms with van der Waals surface area (Å²) in [4.78, 5) is 17.6. The van der Waals surface area contributed by atoms with Crippen molar-refractivity contribution in [2.45, 2.75) is 33.2 Å². The molecule has 2 rings (SSSR count). The van der Waals surface area contributed by atoms with Crippen LogP contribution in [0.25, 0.3) is 0 Å². The molecule has 5 nitrogen and oxygen atoms in total. The van der Waals surface area contributed by atoms with Gasteiger partial charge in [-0.3, -0.25) is 9.79 Å². The third-order valence-electron chi connectivity index (χ3n) is 2.49. The molecule has 0 bridgehead atoms. The van der Waals surface area contributed by atoms with Crippen LogP contribution in [0.2, 0.25) is 0 Å². The number of aromatic nitrogens is 1. The number of anilines is 1. The van der Waals surface area contributed by atoms with Crippen LogP contribution in [0.1, 0.15) is 26.0 Å². The highest BCUT2D eigenvalue weighted by Crippen LogP contribution is 2.20. The summed E-state index contributed by atoms with van der Waals surface area (Å²) in [7, 11) is 0. The molecule has 0 fully saturated rings. The average molecular weight is 233 g/mol. The smallest absolute Gasteiger partial charge is 0.259 e. The van der Waals surface area contributed by atoms with E-state index in [1.54, 1.807) is 6.07 Å². The van der Waals surface area contributed by atoms with Gasteiger partial charge in [-0.15, -0.1) is 0 Å². The quantitative estimate of drug-likeness (QED) is 0.751. The number of aliphatic imine (C=N–C) groups is 1. The summed E-state index contributed by atoms with van der Waals surface area (Å²) < 4.78 is 5.04. The van der Waals surface area contributed by atoms with E-state index in [0.717, 1.165) is 5.69 Å². The van der Waals surface area contributed by atoms with Crippen molar-refractivity contribution in [3.05, 3.63) is 23.4 Å². The highest BCUT2D eigenvalue weighted by atomic mass is 16.5. The monoisotopic (exact) mass is 233 g/mol. The van der Waals surface area contributed by atoms with Gasteiger partial charge in [0.25, 0.3) is 5.91 Å². The summed E-state index contributed by atoms with van der Waals surface area (Å²) in [6, 6.07) is 1.38. The van der Waals surface area contributed by atoms with Crippen LogP contribution in [-0.4, -0.2) is 23.4 Å². The number of aryl methyl sites for hydroxylation is 1. The number of amides is 1. The molecular weight excluding hydrogens is 218 g/mol. The van der Waals surface area contributed by atoms with Gasteiger partial charge < -0.3 is 4.52 Å². The highest BCUT2D eigenvalue weighted by Gasteiger charge is 2.30. The lowest BCUT2D eigenvalue weighted by Gasteiger charge is -2.09. The molecular formula is C12H15N3O2. The first-order chi connectivity index (χ1) is 8.08. The number of hydrogen-bond donors (Lipinski definition) is 0. The molecule has 1 amide bonds. The van der Waals surface area contributed by atoms with E-state index < -0.39 is 0 Å². The Morgan fingerprint density at radius 2 is 2.35 bits per heavy atom. The molecule has 2 heterocycles. The fraction of sp³-hybridized carbons (Fsp3) is 0.417. The van der Waals surface area contributed by atoms with Crippen LogP contribution in [0.5, 0.6) is 0 Å². The predicted octanol–water partition coefficient (Wildman–Crippen LogP) is 2.08. The Bertz CT molecular complexity index is 484. The predicted molar refractivity (Wildman–Crippen MR) is 65.1 cm³/mol. The van der Waals surface area contributed by atoms with Gasteiger partial charge >= 0.3 is 0 Å². The maximum Gasteiger partial charge on any atom is 0.259 e. The molecule has 17 heavy (non-hydrogen) atoms. The third kappa shape index (κ3) is 2.43. The van der Waals surface area contributed by atoms with Gasteiger partial charge in [0.1, 0.15) is 12.4 Å². The summed E-state index contributed by atoms with van der Waals surface area (Å²) in [6.45, 7) is 5.81. The zero-order valence-corrected chi connectivity index (χ0v) is 10.2. The molecule has 1 unspecified atom stereocenters. The summed E-state index contributed by atoms with van der Waals surface area (Å²) in [5.74, 6) is 0.356. The molecule has 5 heteroatoms. The van der Waals surface area contributed by atoms with Crippen molar-refractivity contribution in [2.75, 3.05) is 4.90 Å². The number of rotatable bonds is 3. The zero-order chi connectivity index (χ0) is 12.4. The summed E-state index contributed by atoms with van der Waals surface area (Å²) in [6.07, 6.45) is 4.14. The second-order valence-electron chi connectivity index (χ2n) is 4.31. The van der Waals surface area contributed by atoms with Gasteiger partial charge in [-0.2, -0.15) is 0 Å². The Morgan fingerprint density at radius 1 is 1.59 bits per heavy atom. The third-order valence-corrected chi connectivity index (χ3v) is 2.49. The minimum atomic E-state index is -0.338. The van der Waals surface area contributed by atoms with Gasteiger partial charge in [0.05, 0.1) is 5.69 Å². The first-order valence-corrected chi connectivity index (χ1v) is 5.51. The summed E-state index contributed by atoms with van der Waals surface area (Å²) >= 11 is 0. The van der Waals surface area contributed by atoms with Gasteiger partial charge in [0.15, 0.2) is 0 Å². The Hall–Kier alpha value is -1.91. The van der Waals surface area contributed by atoms with Crippen LogP contribution in [0.4, 0.5) is 5.88 Å². The van der Waals surface area contributed by atoms with E-state index in [9.17, 15) is 4.79 Å². The number of nitrogens with zero attached hydrogens (tertiary/aromatic N) is 3. The lowest BCUT2D eigenvalue weighted by Crippen LogP contribution is -2.30. The molecule has 0 spiro atoms. The van der Waals surface area contributed by atoms with E-state index in [1.165, 1.54) is 16.8 Å². The van der Waals surface area contributed by atoms with Crippen LogP contribution in [-0.2, 0) is 4.79 Å². The SMILES string of the molecule is CC(C)=CCC1N=CN(c2cc(C)no2)C1=O. The molecule has 0 radical (unpaired) electrons. The Morgan fingerprint density at radius 3 is 2.94 bits per heavy atom. The van der Waals surface area contributed by atoms with Crippen molar-refractivity contribution in [3.8, 4) is 0 Å². The molecule has 1 aromatic rings. The standard InChI is InChI=1S/C12H15N3O2/c1-8(2)4-5-10-12(16)15(7-13-10)11-6-9(3)14-17-11/h4,6-7,10H,5H2,1-3H3. The number of carbonyl (C=O) groups is 1. The molecule has 90 valence electrons. The molecule has 0 aliphatic carbocycles. The van der Waals surface area contributed by atoms with E-state index in [0.29, 0.717) is 12.3 Å². The van der Waals surface area contributed by atoms with Gasteiger partial charge in [-0.05, 0) is 27.2 Å². The second kappa shape index (κ2) is 4.53. The number of carbonyl (C=O) groups excluding carboxylic acids is 1. The fourth-order valence-electron chi connectivity index (χ4n) is 1.57. The van der Waals surface area contributed by atoms with Crippen molar-refractivity contribution in [1.82, 2.24) is 5.16 Å². The highest BCUT2D eigenvalue weighted by molar-refractivity contribution is 6.13. The lowest BCUT2D eigenvalue weighted by molar-refractivity contribution is -0.118. The average Bonchev–Trinajstić information content (AvgIpc) is 2.82. The van der Waals surface area contributed by atoms with Crippen molar-refractivity contribution in [1.29, 1.82) is 0 Å². The molecule has 0 aromatic carbocycles. The molecule has 1 aliphatic rings. The van der Waals surface area contributed by atoms with E-state index >= 15 is 0 Å². The van der Waals surface area contributed by atoms with E-state index in [1.807, 2.05) is 26.8 Å². The molecule has 1 aliphatic heterocycles. The van der Waals surface area contributed by atoms with E-state index in [-0.39, 0.29) is 11.9 Å². The summed E-state index contributed by atoms with van der Waals surface area (Å²) in [5, 5.41) is 3.75. The van der Waals surface area contributed by atoms with Crippen LogP contribution in [0.15, 0.2) is 27.2 Å². The van der Waals surface area contributed by atoms with Crippen LogP contribution in [0.3, 0.4) is 0 Å². The van der Waals surface area contributed by atoms with Gasteiger partial charge in [0, 0.05) is 6.07 Å². The van der Waals surface area contributed by atoms with Crippen molar-refractivity contribution in [2.24, 2.45) is 4.99 Å².